The minimum atomic E-state index is -3.42. The van der Waals surface area contributed by atoms with Crippen LogP contribution < -0.4 is 11.0 Å². The summed E-state index contributed by atoms with van der Waals surface area (Å²) in [7, 11) is -3.42. The second-order valence-electron chi connectivity index (χ2n) is 6.62. The Morgan fingerprint density at radius 2 is 2.13 bits per heavy atom. The highest BCUT2D eigenvalue weighted by molar-refractivity contribution is 7.57. The number of aromatic nitrogens is 2. The summed E-state index contributed by atoms with van der Waals surface area (Å²) < 4.78 is 36.3. The SMILES string of the molecule is CCOP(=O)(/C=C/[C@@H](Cn1ccc(NC(C)=O)nc1=O)O[C@@H]1CCCCO1)OCC. The molecule has 10 nitrogen and oxygen atoms in total. The van der Waals surface area contributed by atoms with Crippen molar-refractivity contribution in [1.82, 2.24) is 9.55 Å². The first-order valence-corrected chi connectivity index (χ1v) is 11.7. The first kappa shape index (κ1) is 24.4. The van der Waals surface area contributed by atoms with Crippen molar-refractivity contribution in [2.75, 3.05) is 25.1 Å². The first-order chi connectivity index (χ1) is 14.3. The van der Waals surface area contributed by atoms with Gasteiger partial charge >= 0.3 is 13.3 Å². The fourth-order valence-corrected chi connectivity index (χ4v) is 4.23. The molecule has 0 aliphatic carbocycles. The summed E-state index contributed by atoms with van der Waals surface area (Å²) in [5.41, 5.74) is -0.550. The van der Waals surface area contributed by atoms with Crippen molar-refractivity contribution < 1.29 is 27.9 Å². The van der Waals surface area contributed by atoms with Gasteiger partial charge in [0.2, 0.25) is 5.91 Å². The minimum Gasteiger partial charge on any atom is -0.353 e. The van der Waals surface area contributed by atoms with Crippen LogP contribution in [-0.2, 0) is 34.4 Å². The topological polar surface area (TPSA) is 118 Å². The van der Waals surface area contributed by atoms with Crippen LogP contribution in [0.25, 0.3) is 0 Å². The van der Waals surface area contributed by atoms with E-state index in [1.165, 1.54) is 29.6 Å². The van der Waals surface area contributed by atoms with Crippen molar-refractivity contribution in [2.24, 2.45) is 0 Å². The summed E-state index contributed by atoms with van der Waals surface area (Å²) in [4.78, 5) is 27.3. The van der Waals surface area contributed by atoms with E-state index >= 15 is 0 Å². The van der Waals surface area contributed by atoms with E-state index in [4.69, 9.17) is 18.5 Å². The largest absolute Gasteiger partial charge is 0.353 e. The molecule has 2 atom stereocenters. The number of carbonyl (C=O) groups is 1. The number of anilines is 1. The summed E-state index contributed by atoms with van der Waals surface area (Å²) in [6.45, 7) is 5.96. The summed E-state index contributed by atoms with van der Waals surface area (Å²) in [5, 5.41) is 2.47. The van der Waals surface area contributed by atoms with Gasteiger partial charge in [-0.05, 0) is 45.3 Å². The number of nitrogens with one attached hydrogen (secondary N) is 1. The van der Waals surface area contributed by atoms with Gasteiger partial charge in [0.25, 0.3) is 0 Å². The molecule has 1 aromatic heterocycles. The highest BCUT2D eigenvalue weighted by atomic mass is 31.2. The molecule has 0 spiro atoms. The predicted molar refractivity (Wildman–Crippen MR) is 111 cm³/mol. The zero-order valence-corrected chi connectivity index (χ0v) is 18.5. The molecule has 1 aromatic rings. The first-order valence-electron chi connectivity index (χ1n) is 10.1. The monoisotopic (exact) mass is 443 g/mol. The Bertz CT molecular complexity index is 811. The molecule has 0 bridgehead atoms. The van der Waals surface area contributed by atoms with E-state index in [9.17, 15) is 14.2 Å². The predicted octanol–water partition coefficient (Wildman–Crippen LogP) is 2.89. The molecule has 168 valence electrons. The highest BCUT2D eigenvalue weighted by Gasteiger charge is 2.23. The molecule has 11 heteroatoms. The molecule has 1 amide bonds. The lowest BCUT2D eigenvalue weighted by Gasteiger charge is -2.27. The Morgan fingerprint density at radius 1 is 1.40 bits per heavy atom. The van der Waals surface area contributed by atoms with Gasteiger partial charge in [-0.3, -0.25) is 13.9 Å². The highest BCUT2D eigenvalue weighted by Crippen LogP contribution is 2.49. The Hall–Kier alpha value is -1.84. The van der Waals surface area contributed by atoms with Gasteiger partial charge in [0.1, 0.15) is 5.82 Å². The maximum Gasteiger partial charge on any atom is 0.353 e. The van der Waals surface area contributed by atoms with E-state index in [0.717, 1.165) is 19.3 Å². The average molecular weight is 443 g/mol. The van der Waals surface area contributed by atoms with Crippen molar-refractivity contribution in [2.45, 2.75) is 59.0 Å². The van der Waals surface area contributed by atoms with Gasteiger partial charge in [-0.15, -0.1) is 0 Å². The number of nitrogens with zero attached hydrogens (tertiary/aromatic N) is 2. The molecule has 0 saturated carbocycles. The van der Waals surface area contributed by atoms with Crippen LogP contribution in [0.2, 0.25) is 0 Å². The van der Waals surface area contributed by atoms with E-state index < -0.39 is 25.7 Å². The quantitative estimate of drug-likeness (QED) is 0.519. The van der Waals surface area contributed by atoms with Crippen molar-refractivity contribution in [1.29, 1.82) is 0 Å². The van der Waals surface area contributed by atoms with Crippen molar-refractivity contribution in [3.8, 4) is 0 Å². The average Bonchev–Trinajstić information content (AvgIpc) is 2.69. The van der Waals surface area contributed by atoms with Crippen molar-refractivity contribution in [3.63, 3.8) is 0 Å². The molecule has 1 N–H and O–H groups in total. The van der Waals surface area contributed by atoms with Crippen LogP contribution in [0.1, 0.15) is 40.0 Å². The maximum absolute atomic E-state index is 12.7. The van der Waals surface area contributed by atoms with E-state index in [1.807, 2.05) is 0 Å². The summed E-state index contributed by atoms with van der Waals surface area (Å²) >= 11 is 0. The number of carbonyl (C=O) groups excluding carboxylic acids is 1. The lowest BCUT2D eigenvalue weighted by molar-refractivity contribution is -0.180. The molecule has 2 rings (SSSR count). The third kappa shape index (κ3) is 8.12. The fourth-order valence-electron chi connectivity index (χ4n) is 2.86. The zero-order chi connectivity index (χ0) is 22.0. The lowest BCUT2D eigenvalue weighted by atomic mass is 10.2. The molecule has 1 aliphatic heterocycles. The standard InChI is InChI=1S/C19H30N3O7P/c1-4-27-30(25,28-5-2)13-10-16(29-18-8-6-7-12-26-18)14-22-11-9-17(20-15(3)23)21-19(22)24/h9-11,13,16,18H,4-8,12,14H2,1-3H3,(H,20,21,23,24)/b13-10+/t16-,18+/m0/s1. The zero-order valence-electron chi connectivity index (χ0n) is 17.6. The van der Waals surface area contributed by atoms with Crippen LogP contribution in [0.3, 0.4) is 0 Å². The van der Waals surface area contributed by atoms with Crippen LogP contribution >= 0.6 is 7.60 Å². The molecule has 30 heavy (non-hydrogen) atoms. The van der Waals surface area contributed by atoms with E-state index in [2.05, 4.69) is 10.3 Å². The van der Waals surface area contributed by atoms with Gasteiger partial charge < -0.3 is 23.8 Å². The van der Waals surface area contributed by atoms with Gasteiger partial charge in [-0.2, -0.15) is 4.98 Å². The van der Waals surface area contributed by atoms with E-state index in [1.54, 1.807) is 19.9 Å². The third-order valence-corrected chi connectivity index (χ3v) is 5.89. The van der Waals surface area contributed by atoms with Crippen LogP contribution in [0.4, 0.5) is 5.82 Å². The maximum atomic E-state index is 12.7. The van der Waals surface area contributed by atoms with E-state index in [-0.39, 0.29) is 31.5 Å². The van der Waals surface area contributed by atoms with E-state index in [0.29, 0.717) is 6.61 Å². The smallest absolute Gasteiger partial charge is 0.353 e. The van der Waals surface area contributed by atoms with Gasteiger partial charge in [0.05, 0.1) is 25.9 Å². The summed E-state index contributed by atoms with van der Waals surface area (Å²) in [6, 6.07) is 1.52. The normalized spacial score (nSPS) is 18.4. The molecule has 1 saturated heterocycles. The second-order valence-corrected chi connectivity index (χ2v) is 8.51. The third-order valence-electron chi connectivity index (χ3n) is 4.12. The Morgan fingerprint density at radius 3 is 2.70 bits per heavy atom. The lowest BCUT2D eigenvalue weighted by Crippen LogP contribution is -2.33. The number of rotatable bonds is 11. The molecule has 1 fully saturated rings. The van der Waals surface area contributed by atoms with Crippen molar-refractivity contribution >= 4 is 19.3 Å². The molecule has 0 radical (unpaired) electrons. The Labute approximate surface area is 176 Å². The number of hydrogen-bond acceptors (Lipinski definition) is 8. The van der Waals surface area contributed by atoms with Crippen LogP contribution in [0.5, 0.6) is 0 Å². The van der Waals surface area contributed by atoms with Crippen molar-refractivity contribution in [3.05, 3.63) is 34.6 Å². The number of amides is 1. The fraction of sp³-hybridized carbons (Fsp3) is 0.632. The molecule has 0 unspecified atom stereocenters. The van der Waals surface area contributed by atoms with Crippen LogP contribution in [-0.4, -0.2) is 47.7 Å². The summed E-state index contributed by atoms with van der Waals surface area (Å²) in [5.74, 6) is 1.21. The molecular weight excluding hydrogens is 413 g/mol. The molecule has 0 aromatic carbocycles. The van der Waals surface area contributed by atoms with Crippen LogP contribution in [0, 0.1) is 0 Å². The number of hydrogen-bond donors (Lipinski definition) is 1. The van der Waals surface area contributed by atoms with Gasteiger partial charge in [-0.1, -0.05) is 0 Å². The second kappa shape index (κ2) is 12.1. The molecular formula is C19H30N3O7P. The van der Waals surface area contributed by atoms with Crippen LogP contribution in [0.15, 0.2) is 29.0 Å². The summed E-state index contributed by atoms with van der Waals surface area (Å²) in [6.07, 6.45) is 4.70. The molecule has 1 aliphatic rings. The number of ether oxygens (including phenoxy) is 2. The Kier molecular flexibility index (Phi) is 9.87. The Balaban J connectivity index is 2.20. The minimum absolute atomic E-state index is 0.112. The molecule has 2 heterocycles. The van der Waals surface area contributed by atoms with Gasteiger partial charge in [0, 0.05) is 25.5 Å². The van der Waals surface area contributed by atoms with Gasteiger partial charge in [0.15, 0.2) is 6.29 Å². The van der Waals surface area contributed by atoms with Gasteiger partial charge in [-0.25, -0.2) is 4.79 Å².